The lowest BCUT2D eigenvalue weighted by atomic mass is 9.98. The molecular formula is C16H23Cl2N3OS2. The Kier molecular flexibility index (Phi) is 9.23. The van der Waals surface area contributed by atoms with Crippen LogP contribution in [0.5, 0.6) is 0 Å². The van der Waals surface area contributed by atoms with Crippen LogP contribution in [0.4, 0.5) is 0 Å². The second-order valence-corrected chi connectivity index (χ2v) is 7.51. The lowest BCUT2D eigenvalue weighted by Gasteiger charge is -2.32. The third-order valence-corrected chi connectivity index (χ3v) is 5.91. The number of carbonyl (C=O) groups is 1. The molecule has 0 saturated carbocycles. The van der Waals surface area contributed by atoms with Crippen LogP contribution in [0.15, 0.2) is 22.9 Å². The van der Waals surface area contributed by atoms with Gasteiger partial charge in [0.2, 0.25) is 5.91 Å². The van der Waals surface area contributed by atoms with Gasteiger partial charge >= 0.3 is 0 Å². The summed E-state index contributed by atoms with van der Waals surface area (Å²) in [6.45, 7) is 2.76. The molecule has 0 spiro atoms. The summed E-state index contributed by atoms with van der Waals surface area (Å²) in [5.74, 6) is 0.795. The van der Waals surface area contributed by atoms with Gasteiger partial charge in [-0.05, 0) is 43.8 Å². The Labute approximate surface area is 163 Å². The average Bonchev–Trinajstić information content (AvgIpc) is 3.18. The normalized spacial score (nSPS) is 17.0. The van der Waals surface area contributed by atoms with Crippen molar-refractivity contribution in [2.75, 3.05) is 26.7 Å². The molecule has 0 bridgehead atoms. The van der Waals surface area contributed by atoms with Crippen molar-refractivity contribution in [1.29, 1.82) is 0 Å². The van der Waals surface area contributed by atoms with Crippen molar-refractivity contribution in [3.63, 3.8) is 0 Å². The van der Waals surface area contributed by atoms with Crippen LogP contribution < -0.4 is 5.32 Å². The second-order valence-electron chi connectivity index (χ2n) is 5.70. The highest BCUT2D eigenvalue weighted by Crippen LogP contribution is 2.28. The molecule has 24 heavy (non-hydrogen) atoms. The van der Waals surface area contributed by atoms with Gasteiger partial charge in [0.1, 0.15) is 5.01 Å². The Morgan fingerprint density at radius 3 is 2.96 bits per heavy atom. The first kappa shape index (κ1) is 21.4. The van der Waals surface area contributed by atoms with E-state index >= 15 is 0 Å². The maximum Gasteiger partial charge on any atom is 0.228 e. The smallest absolute Gasteiger partial charge is 0.228 e. The van der Waals surface area contributed by atoms with Gasteiger partial charge in [0.05, 0.1) is 17.0 Å². The molecule has 8 heteroatoms. The monoisotopic (exact) mass is 407 g/mol. The molecule has 2 aromatic rings. The van der Waals surface area contributed by atoms with E-state index in [9.17, 15) is 4.79 Å². The number of amides is 1. The SMILES string of the molecule is CNCC1CCCN(C(=O)Cc2csc(-c3cccs3)n2)C1.Cl.Cl. The lowest BCUT2D eigenvalue weighted by molar-refractivity contribution is -0.132. The summed E-state index contributed by atoms with van der Waals surface area (Å²) in [6, 6.07) is 4.10. The van der Waals surface area contributed by atoms with E-state index in [-0.39, 0.29) is 30.7 Å². The van der Waals surface area contributed by atoms with Crippen LogP contribution in [-0.4, -0.2) is 42.5 Å². The first-order valence-corrected chi connectivity index (χ1v) is 9.43. The van der Waals surface area contributed by atoms with Crippen molar-refractivity contribution in [2.45, 2.75) is 19.3 Å². The molecule has 1 fully saturated rings. The molecule has 3 rings (SSSR count). The van der Waals surface area contributed by atoms with Crippen molar-refractivity contribution in [3.8, 4) is 9.88 Å². The Morgan fingerprint density at radius 1 is 1.42 bits per heavy atom. The number of thiophene rings is 1. The van der Waals surface area contributed by atoms with E-state index in [1.165, 1.54) is 11.3 Å². The molecule has 4 nitrogen and oxygen atoms in total. The van der Waals surface area contributed by atoms with Gasteiger partial charge < -0.3 is 10.2 Å². The van der Waals surface area contributed by atoms with Crippen molar-refractivity contribution < 1.29 is 4.79 Å². The summed E-state index contributed by atoms with van der Waals surface area (Å²) < 4.78 is 0. The van der Waals surface area contributed by atoms with Gasteiger partial charge in [0.25, 0.3) is 0 Å². The fourth-order valence-electron chi connectivity index (χ4n) is 2.92. The summed E-state index contributed by atoms with van der Waals surface area (Å²) in [5.41, 5.74) is 0.897. The van der Waals surface area contributed by atoms with Gasteiger partial charge in [-0.15, -0.1) is 47.5 Å². The fraction of sp³-hybridized carbons (Fsp3) is 0.500. The van der Waals surface area contributed by atoms with E-state index in [0.29, 0.717) is 12.3 Å². The van der Waals surface area contributed by atoms with Crippen molar-refractivity contribution >= 4 is 53.4 Å². The summed E-state index contributed by atoms with van der Waals surface area (Å²) in [7, 11) is 1.97. The zero-order valence-electron chi connectivity index (χ0n) is 13.6. The van der Waals surface area contributed by atoms with E-state index < -0.39 is 0 Å². The highest BCUT2D eigenvalue weighted by molar-refractivity contribution is 7.20. The minimum absolute atomic E-state index is 0. The molecule has 1 N–H and O–H groups in total. The van der Waals surface area contributed by atoms with Gasteiger partial charge in [-0.3, -0.25) is 4.79 Å². The lowest BCUT2D eigenvalue weighted by Crippen LogP contribution is -2.43. The molecule has 134 valence electrons. The number of hydrogen-bond donors (Lipinski definition) is 1. The molecule has 3 heterocycles. The third-order valence-electron chi connectivity index (χ3n) is 3.98. The number of halogens is 2. The van der Waals surface area contributed by atoms with Crippen LogP contribution in [0.25, 0.3) is 9.88 Å². The van der Waals surface area contributed by atoms with Crippen LogP contribution in [0.2, 0.25) is 0 Å². The van der Waals surface area contributed by atoms with Gasteiger partial charge in [-0.25, -0.2) is 4.98 Å². The molecule has 1 aliphatic rings. The predicted molar refractivity (Wildman–Crippen MR) is 107 cm³/mol. The van der Waals surface area contributed by atoms with Gasteiger partial charge in [0.15, 0.2) is 0 Å². The molecular weight excluding hydrogens is 385 g/mol. The van der Waals surface area contributed by atoms with Crippen LogP contribution in [-0.2, 0) is 11.2 Å². The number of likely N-dealkylation sites (tertiary alicyclic amines) is 1. The molecule has 1 amide bonds. The van der Waals surface area contributed by atoms with E-state index in [2.05, 4.69) is 21.7 Å². The molecule has 0 aromatic carbocycles. The minimum Gasteiger partial charge on any atom is -0.342 e. The Morgan fingerprint density at radius 2 is 2.25 bits per heavy atom. The maximum absolute atomic E-state index is 12.5. The predicted octanol–water partition coefficient (Wildman–Crippen LogP) is 3.72. The Hall–Kier alpha value is -0.660. The third kappa shape index (κ3) is 5.43. The number of piperidine rings is 1. The minimum atomic E-state index is 0. The standard InChI is InChI=1S/C16H21N3OS2.2ClH/c1-17-9-12-4-2-6-19(10-12)15(20)8-13-11-22-16(18-13)14-5-3-7-21-14;;/h3,5,7,11-12,17H,2,4,6,8-10H2,1H3;2*1H. The van der Waals surface area contributed by atoms with Gasteiger partial charge in [0, 0.05) is 18.5 Å². The van der Waals surface area contributed by atoms with Crippen molar-refractivity contribution in [2.24, 2.45) is 5.92 Å². The topological polar surface area (TPSA) is 45.2 Å². The maximum atomic E-state index is 12.5. The highest BCUT2D eigenvalue weighted by atomic mass is 35.5. The van der Waals surface area contributed by atoms with Crippen molar-refractivity contribution in [3.05, 3.63) is 28.6 Å². The number of aromatic nitrogens is 1. The first-order chi connectivity index (χ1) is 10.8. The molecule has 1 unspecified atom stereocenters. The average molecular weight is 408 g/mol. The molecule has 0 aliphatic carbocycles. The van der Waals surface area contributed by atoms with Gasteiger partial charge in [-0.1, -0.05) is 6.07 Å². The van der Waals surface area contributed by atoms with E-state index in [1.54, 1.807) is 22.7 Å². The zero-order chi connectivity index (χ0) is 15.4. The number of hydrogen-bond acceptors (Lipinski definition) is 5. The van der Waals surface area contributed by atoms with Crippen LogP contribution in [0.1, 0.15) is 18.5 Å². The second kappa shape index (κ2) is 10.4. The highest BCUT2D eigenvalue weighted by Gasteiger charge is 2.23. The van der Waals surface area contributed by atoms with Crippen LogP contribution in [0.3, 0.4) is 0 Å². The van der Waals surface area contributed by atoms with E-state index in [1.807, 2.05) is 23.4 Å². The molecule has 1 saturated heterocycles. The Balaban J connectivity index is 0.00000144. The largest absolute Gasteiger partial charge is 0.342 e. The number of rotatable bonds is 5. The molecule has 0 radical (unpaired) electrons. The summed E-state index contributed by atoms with van der Waals surface area (Å²) in [4.78, 5) is 20.3. The molecule has 1 atom stereocenters. The number of thiazole rings is 1. The summed E-state index contributed by atoms with van der Waals surface area (Å²) in [6.07, 6.45) is 2.74. The van der Waals surface area contributed by atoms with Crippen molar-refractivity contribution in [1.82, 2.24) is 15.2 Å². The molecule has 1 aliphatic heterocycles. The van der Waals surface area contributed by atoms with Crippen LogP contribution >= 0.6 is 47.5 Å². The summed E-state index contributed by atoms with van der Waals surface area (Å²) >= 11 is 3.31. The van der Waals surface area contributed by atoms with E-state index in [0.717, 1.165) is 36.8 Å². The van der Waals surface area contributed by atoms with Gasteiger partial charge in [-0.2, -0.15) is 0 Å². The quantitative estimate of drug-likeness (QED) is 0.820. The summed E-state index contributed by atoms with van der Waals surface area (Å²) in [5, 5.41) is 8.30. The van der Waals surface area contributed by atoms with E-state index in [4.69, 9.17) is 0 Å². The number of nitrogens with one attached hydrogen (secondary N) is 1. The number of carbonyl (C=O) groups excluding carboxylic acids is 1. The first-order valence-electron chi connectivity index (χ1n) is 7.67. The number of nitrogens with zero attached hydrogens (tertiary/aromatic N) is 2. The van der Waals surface area contributed by atoms with Crippen LogP contribution in [0, 0.1) is 5.92 Å². The molecule has 2 aromatic heterocycles. The fourth-order valence-corrected chi connectivity index (χ4v) is 4.55. The Bertz CT molecular complexity index is 617. The zero-order valence-corrected chi connectivity index (χ0v) is 16.8.